The van der Waals surface area contributed by atoms with Crippen LogP contribution in [0.4, 0.5) is 4.79 Å². The molecule has 1 saturated carbocycles. The Labute approximate surface area is 91.3 Å². The number of amides is 3. The predicted octanol–water partition coefficient (Wildman–Crippen LogP) is 0.819. The molecule has 2 aliphatic rings. The Kier molecular flexibility index (Phi) is 2.58. The molecule has 0 bridgehead atoms. The lowest BCUT2D eigenvalue weighted by atomic mass is 9.82. The molecule has 1 saturated heterocycles. The van der Waals surface area contributed by atoms with E-state index in [9.17, 15) is 9.59 Å². The van der Waals surface area contributed by atoms with Gasteiger partial charge in [-0.25, -0.2) is 4.79 Å². The van der Waals surface area contributed by atoms with Gasteiger partial charge in [-0.3, -0.25) is 10.1 Å². The molecule has 3 amide bonds. The standard InChI is InChI=1S/C8H10Cl2N2O2/c9-4-1-3-6(2-5(4)10)11-8(14)12-7(3)13/h3-6H,1-2H2,(H2,11,12,13,14). The highest BCUT2D eigenvalue weighted by molar-refractivity contribution is 6.30. The molecule has 2 fully saturated rings. The van der Waals surface area contributed by atoms with Gasteiger partial charge in [-0.1, -0.05) is 0 Å². The predicted molar refractivity (Wildman–Crippen MR) is 52.5 cm³/mol. The molecule has 2 rings (SSSR count). The van der Waals surface area contributed by atoms with E-state index in [0.717, 1.165) is 0 Å². The van der Waals surface area contributed by atoms with Crippen molar-refractivity contribution in [1.29, 1.82) is 0 Å². The van der Waals surface area contributed by atoms with Crippen molar-refractivity contribution >= 4 is 35.1 Å². The molecule has 4 unspecified atom stereocenters. The van der Waals surface area contributed by atoms with Crippen molar-refractivity contribution in [2.45, 2.75) is 29.6 Å². The summed E-state index contributed by atoms with van der Waals surface area (Å²) in [6, 6.07) is -0.595. The number of fused-ring (bicyclic) bond motifs is 1. The molecule has 0 spiro atoms. The molecule has 78 valence electrons. The van der Waals surface area contributed by atoms with Gasteiger partial charge in [0.05, 0.1) is 16.7 Å². The van der Waals surface area contributed by atoms with Crippen molar-refractivity contribution in [2.24, 2.45) is 5.92 Å². The zero-order chi connectivity index (χ0) is 10.3. The number of alkyl halides is 2. The third-order valence-electron chi connectivity index (χ3n) is 2.73. The number of carbonyl (C=O) groups is 2. The quantitative estimate of drug-likeness (QED) is 0.613. The molecule has 0 aromatic rings. The summed E-state index contributed by atoms with van der Waals surface area (Å²) in [7, 11) is 0. The number of hydrogen-bond acceptors (Lipinski definition) is 2. The smallest absolute Gasteiger partial charge is 0.321 e. The molecule has 0 aromatic carbocycles. The fraction of sp³-hybridized carbons (Fsp3) is 0.750. The SMILES string of the molecule is O=C1NC(=O)C2CC(Cl)C(Cl)CC2N1. The van der Waals surface area contributed by atoms with Gasteiger partial charge in [0.1, 0.15) is 0 Å². The highest BCUT2D eigenvalue weighted by atomic mass is 35.5. The van der Waals surface area contributed by atoms with E-state index in [1.54, 1.807) is 0 Å². The van der Waals surface area contributed by atoms with Gasteiger partial charge in [-0.15, -0.1) is 23.2 Å². The van der Waals surface area contributed by atoms with Gasteiger partial charge in [0.2, 0.25) is 5.91 Å². The average molecular weight is 237 g/mol. The highest BCUT2D eigenvalue weighted by Gasteiger charge is 2.43. The lowest BCUT2D eigenvalue weighted by Crippen LogP contribution is -2.61. The van der Waals surface area contributed by atoms with Gasteiger partial charge in [-0.2, -0.15) is 0 Å². The maximum absolute atomic E-state index is 11.4. The molecular weight excluding hydrogens is 227 g/mol. The number of imide groups is 1. The molecule has 4 atom stereocenters. The topological polar surface area (TPSA) is 58.2 Å². The van der Waals surface area contributed by atoms with E-state index in [2.05, 4.69) is 10.6 Å². The fourth-order valence-corrected chi connectivity index (χ4v) is 2.56. The minimum atomic E-state index is -0.437. The Morgan fingerprint density at radius 2 is 1.79 bits per heavy atom. The molecule has 1 aliphatic heterocycles. The van der Waals surface area contributed by atoms with E-state index in [4.69, 9.17) is 23.2 Å². The maximum atomic E-state index is 11.4. The summed E-state index contributed by atoms with van der Waals surface area (Å²) in [5.41, 5.74) is 0. The Balaban J connectivity index is 2.13. The minimum absolute atomic E-state index is 0.159. The maximum Gasteiger partial charge on any atom is 0.321 e. The summed E-state index contributed by atoms with van der Waals surface area (Å²) in [5.74, 6) is -0.474. The van der Waals surface area contributed by atoms with Crippen LogP contribution in [0.3, 0.4) is 0 Å². The Hall–Kier alpha value is -0.480. The van der Waals surface area contributed by atoms with E-state index in [1.165, 1.54) is 0 Å². The number of halogens is 2. The zero-order valence-corrected chi connectivity index (χ0v) is 8.81. The summed E-state index contributed by atoms with van der Waals surface area (Å²) >= 11 is 11.9. The first-order chi connectivity index (χ1) is 6.58. The van der Waals surface area contributed by atoms with Gasteiger partial charge >= 0.3 is 6.03 Å². The van der Waals surface area contributed by atoms with E-state index < -0.39 is 6.03 Å². The first-order valence-corrected chi connectivity index (χ1v) is 5.34. The van der Waals surface area contributed by atoms with E-state index in [0.29, 0.717) is 12.8 Å². The second-order valence-corrected chi connectivity index (χ2v) is 4.80. The van der Waals surface area contributed by atoms with Crippen molar-refractivity contribution in [1.82, 2.24) is 10.6 Å². The second-order valence-electron chi connectivity index (χ2n) is 3.68. The van der Waals surface area contributed by atoms with Crippen LogP contribution in [0.15, 0.2) is 0 Å². The molecule has 2 N–H and O–H groups in total. The molecule has 6 heteroatoms. The number of hydrogen-bond donors (Lipinski definition) is 2. The van der Waals surface area contributed by atoms with Crippen LogP contribution in [0.1, 0.15) is 12.8 Å². The third-order valence-corrected chi connectivity index (χ3v) is 3.82. The minimum Gasteiger partial charge on any atom is -0.334 e. The summed E-state index contributed by atoms with van der Waals surface area (Å²) in [4.78, 5) is 22.4. The van der Waals surface area contributed by atoms with Gasteiger partial charge in [0.15, 0.2) is 0 Å². The number of urea groups is 1. The van der Waals surface area contributed by atoms with Crippen LogP contribution < -0.4 is 10.6 Å². The normalized spacial score (nSPS) is 42.4. The molecular formula is C8H10Cl2N2O2. The van der Waals surface area contributed by atoms with Gasteiger partial charge in [0, 0.05) is 6.04 Å². The number of carbonyl (C=O) groups excluding carboxylic acids is 2. The van der Waals surface area contributed by atoms with Crippen molar-refractivity contribution < 1.29 is 9.59 Å². The van der Waals surface area contributed by atoms with E-state index in [1.807, 2.05) is 0 Å². The first-order valence-electron chi connectivity index (χ1n) is 4.47. The second kappa shape index (κ2) is 3.59. The first kappa shape index (κ1) is 10.1. The lowest BCUT2D eigenvalue weighted by molar-refractivity contribution is -0.126. The summed E-state index contributed by atoms with van der Waals surface area (Å²) in [6.45, 7) is 0. The van der Waals surface area contributed by atoms with Crippen molar-refractivity contribution in [3.63, 3.8) is 0 Å². The summed E-state index contributed by atoms with van der Waals surface area (Å²) < 4.78 is 0. The van der Waals surface area contributed by atoms with Crippen LogP contribution in [-0.2, 0) is 4.79 Å². The average Bonchev–Trinajstić information content (AvgIpc) is 2.08. The number of rotatable bonds is 0. The Morgan fingerprint density at radius 1 is 1.14 bits per heavy atom. The summed E-state index contributed by atoms with van der Waals surface area (Å²) in [6.07, 6.45) is 1.08. The van der Waals surface area contributed by atoms with E-state index >= 15 is 0 Å². The monoisotopic (exact) mass is 236 g/mol. The molecule has 14 heavy (non-hydrogen) atoms. The van der Waals surface area contributed by atoms with Gasteiger partial charge in [0.25, 0.3) is 0 Å². The van der Waals surface area contributed by atoms with Crippen LogP contribution in [0.25, 0.3) is 0 Å². The summed E-state index contributed by atoms with van der Waals surface area (Å²) in [5, 5.41) is 4.54. The van der Waals surface area contributed by atoms with Crippen molar-refractivity contribution in [2.75, 3.05) is 0 Å². The third kappa shape index (κ3) is 1.68. The lowest BCUT2D eigenvalue weighted by Gasteiger charge is -2.38. The molecule has 1 aliphatic carbocycles. The largest absolute Gasteiger partial charge is 0.334 e. The van der Waals surface area contributed by atoms with Crippen molar-refractivity contribution in [3.8, 4) is 0 Å². The molecule has 0 radical (unpaired) electrons. The van der Waals surface area contributed by atoms with Crippen LogP contribution in [0, 0.1) is 5.92 Å². The van der Waals surface area contributed by atoms with Gasteiger partial charge in [-0.05, 0) is 12.8 Å². The van der Waals surface area contributed by atoms with Crippen LogP contribution in [0.2, 0.25) is 0 Å². The molecule has 4 nitrogen and oxygen atoms in total. The zero-order valence-electron chi connectivity index (χ0n) is 7.30. The van der Waals surface area contributed by atoms with Gasteiger partial charge < -0.3 is 5.32 Å². The van der Waals surface area contributed by atoms with E-state index in [-0.39, 0.29) is 28.6 Å². The molecule has 0 aromatic heterocycles. The van der Waals surface area contributed by atoms with Crippen LogP contribution in [0.5, 0.6) is 0 Å². The molecule has 1 heterocycles. The number of nitrogens with one attached hydrogen (secondary N) is 2. The van der Waals surface area contributed by atoms with Crippen LogP contribution in [-0.4, -0.2) is 28.7 Å². The fourth-order valence-electron chi connectivity index (χ4n) is 1.97. The van der Waals surface area contributed by atoms with Crippen LogP contribution >= 0.6 is 23.2 Å². The Morgan fingerprint density at radius 3 is 2.50 bits per heavy atom. The Bertz CT molecular complexity index is 285. The van der Waals surface area contributed by atoms with Crippen molar-refractivity contribution in [3.05, 3.63) is 0 Å². The highest BCUT2D eigenvalue weighted by Crippen LogP contribution is 2.33.